The quantitative estimate of drug-likeness (QED) is 0.680. The molecule has 2 aliphatic rings. The number of Topliss-reactive ketones (excluding diaryl/α,β-unsaturated/α-hetero) is 1. The van der Waals surface area contributed by atoms with Crippen molar-refractivity contribution in [2.75, 3.05) is 0 Å². The van der Waals surface area contributed by atoms with Crippen LogP contribution in [0.4, 0.5) is 0 Å². The molecule has 0 spiro atoms. The topological polar surface area (TPSA) is 29.6 Å². The molecule has 1 aromatic carbocycles. The summed E-state index contributed by atoms with van der Waals surface area (Å²) in [6, 6.07) is 9.98. The molecule has 1 aromatic rings. The van der Waals surface area contributed by atoms with Gasteiger partial charge < -0.3 is 4.74 Å². The predicted molar refractivity (Wildman–Crippen MR) is 51.8 cm³/mol. The standard InChI is InChI=1S/C12H12O2/c13-10(8-6-7-8)12-11(14-12)9-4-2-1-3-5-9/h1-5,8,11-12H,6-7H2. The third-order valence-corrected chi connectivity index (χ3v) is 2.88. The summed E-state index contributed by atoms with van der Waals surface area (Å²) < 4.78 is 5.42. The lowest BCUT2D eigenvalue weighted by molar-refractivity contribution is -0.121. The van der Waals surface area contributed by atoms with Gasteiger partial charge in [0.1, 0.15) is 12.2 Å². The number of epoxide rings is 1. The van der Waals surface area contributed by atoms with E-state index in [1.807, 2.05) is 30.3 Å². The zero-order valence-electron chi connectivity index (χ0n) is 7.85. The number of ether oxygens (including phenoxy) is 1. The molecule has 72 valence electrons. The highest BCUT2D eigenvalue weighted by Gasteiger charge is 2.50. The van der Waals surface area contributed by atoms with Crippen LogP contribution in [0.15, 0.2) is 30.3 Å². The fraction of sp³-hybridized carbons (Fsp3) is 0.417. The van der Waals surface area contributed by atoms with Gasteiger partial charge in [0.2, 0.25) is 0 Å². The monoisotopic (exact) mass is 188 g/mol. The number of rotatable bonds is 3. The minimum atomic E-state index is -0.134. The van der Waals surface area contributed by atoms with E-state index in [9.17, 15) is 4.79 Å². The van der Waals surface area contributed by atoms with E-state index in [4.69, 9.17) is 4.74 Å². The molecule has 0 bridgehead atoms. The Hall–Kier alpha value is -1.15. The molecule has 0 N–H and O–H groups in total. The third kappa shape index (κ3) is 1.36. The molecule has 2 fully saturated rings. The lowest BCUT2D eigenvalue weighted by Gasteiger charge is -1.93. The van der Waals surface area contributed by atoms with Crippen molar-refractivity contribution in [3.05, 3.63) is 35.9 Å². The second-order valence-corrected chi connectivity index (χ2v) is 4.06. The summed E-state index contributed by atoms with van der Waals surface area (Å²) in [4.78, 5) is 11.6. The van der Waals surface area contributed by atoms with Gasteiger partial charge in [-0.15, -0.1) is 0 Å². The van der Waals surface area contributed by atoms with Crippen molar-refractivity contribution in [2.45, 2.75) is 25.0 Å². The Balaban J connectivity index is 1.70. The van der Waals surface area contributed by atoms with Crippen LogP contribution in [-0.2, 0) is 9.53 Å². The van der Waals surface area contributed by atoms with Crippen LogP contribution in [0.1, 0.15) is 24.5 Å². The van der Waals surface area contributed by atoms with E-state index < -0.39 is 0 Å². The molecule has 1 aliphatic heterocycles. The van der Waals surface area contributed by atoms with Gasteiger partial charge in [-0.2, -0.15) is 0 Å². The SMILES string of the molecule is O=C(C1CC1)C1OC1c1ccccc1. The van der Waals surface area contributed by atoms with Crippen molar-refractivity contribution in [3.8, 4) is 0 Å². The summed E-state index contributed by atoms with van der Waals surface area (Å²) >= 11 is 0. The molecule has 1 saturated carbocycles. The largest absolute Gasteiger partial charge is 0.356 e. The number of ketones is 1. The first-order chi connectivity index (χ1) is 6.86. The average molecular weight is 188 g/mol. The van der Waals surface area contributed by atoms with Crippen LogP contribution in [0.3, 0.4) is 0 Å². The molecule has 2 atom stereocenters. The fourth-order valence-corrected chi connectivity index (χ4v) is 1.83. The van der Waals surface area contributed by atoms with Crippen LogP contribution in [0.25, 0.3) is 0 Å². The van der Waals surface area contributed by atoms with Gasteiger partial charge in [0.15, 0.2) is 5.78 Å². The highest BCUT2D eigenvalue weighted by molar-refractivity contribution is 5.90. The van der Waals surface area contributed by atoms with Gasteiger partial charge in [-0.25, -0.2) is 0 Å². The van der Waals surface area contributed by atoms with Gasteiger partial charge in [-0.3, -0.25) is 4.79 Å². The molecule has 14 heavy (non-hydrogen) atoms. The lowest BCUT2D eigenvalue weighted by atomic mass is 10.1. The molecule has 0 radical (unpaired) electrons. The summed E-state index contributed by atoms with van der Waals surface area (Å²) in [7, 11) is 0. The number of carbonyl (C=O) groups is 1. The zero-order chi connectivity index (χ0) is 9.54. The highest BCUT2D eigenvalue weighted by atomic mass is 16.6. The van der Waals surface area contributed by atoms with Crippen LogP contribution in [0, 0.1) is 5.92 Å². The van der Waals surface area contributed by atoms with Gasteiger partial charge in [0.05, 0.1) is 0 Å². The molecule has 1 heterocycles. The molecule has 0 aromatic heterocycles. The van der Waals surface area contributed by atoms with Gasteiger partial charge in [-0.05, 0) is 18.4 Å². The van der Waals surface area contributed by atoms with Crippen molar-refractivity contribution in [3.63, 3.8) is 0 Å². The molecule has 2 nitrogen and oxygen atoms in total. The van der Waals surface area contributed by atoms with Crippen LogP contribution >= 0.6 is 0 Å². The molecule has 2 heteroatoms. The van der Waals surface area contributed by atoms with E-state index in [1.165, 1.54) is 0 Å². The van der Waals surface area contributed by atoms with Crippen molar-refractivity contribution >= 4 is 5.78 Å². The van der Waals surface area contributed by atoms with E-state index in [2.05, 4.69) is 0 Å². The molecular weight excluding hydrogens is 176 g/mol. The van der Waals surface area contributed by atoms with Crippen molar-refractivity contribution in [2.24, 2.45) is 5.92 Å². The lowest BCUT2D eigenvalue weighted by Crippen LogP contribution is -2.09. The number of hydrogen-bond acceptors (Lipinski definition) is 2. The smallest absolute Gasteiger partial charge is 0.167 e. The van der Waals surface area contributed by atoms with Crippen LogP contribution < -0.4 is 0 Å². The Morgan fingerprint density at radius 3 is 2.57 bits per heavy atom. The van der Waals surface area contributed by atoms with Crippen LogP contribution in [0.2, 0.25) is 0 Å². The summed E-state index contributed by atoms with van der Waals surface area (Å²) in [6.45, 7) is 0. The highest BCUT2D eigenvalue weighted by Crippen LogP contribution is 2.44. The first-order valence-electron chi connectivity index (χ1n) is 5.10. The predicted octanol–water partition coefficient (Wildman–Crippen LogP) is 2.11. The first-order valence-corrected chi connectivity index (χ1v) is 5.10. The van der Waals surface area contributed by atoms with E-state index in [1.54, 1.807) is 0 Å². The first kappa shape index (κ1) is 8.18. The summed E-state index contributed by atoms with van der Waals surface area (Å²) in [6.07, 6.45) is 2.05. The van der Waals surface area contributed by atoms with Gasteiger partial charge in [0, 0.05) is 5.92 Å². The Bertz CT molecular complexity index is 354. The molecule has 2 unspecified atom stereocenters. The fourth-order valence-electron chi connectivity index (χ4n) is 1.83. The Kier molecular flexibility index (Phi) is 1.71. The van der Waals surface area contributed by atoms with Gasteiger partial charge >= 0.3 is 0 Å². The van der Waals surface area contributed by atoms with E-state index in [0.717, 1.165) is 18.4 Å². The minimum Gasteiger partial charge on any atom is -0.356 e. The van der Waals surface area contributed by atoms with Gasteiger partial charge in [0.25, 0.3) is 0 Å². The van der Waals surface area contributed by atoms with Crippen LogP contribution in [0.5, 0.6) is 0 Å². The number of carbonyl (C=O) groups excluding carboxylic acids is 1. The second-order valence-electron chi connectivity index (χ2n) is 4.06. The normalized spacial score (nSPS) is 30.0. The third-order valence-electron chi connectivity index (χ3n) is 2.88. The average Bonchev–Trinajstić information content (AvgIpc) is 3.11. The molecule has 1 aliphatic carbocycles. The zero-order valence-corrected chi connectivity index (χ0v) is 7.85. The summed E-state index contributed by atoms with van der Waals surface area (Å²) in [5, 5.41) is 0. The molecular formula is C12H12O2. The van der Waals surface area contributed by atoms with Gasteiger partial charge in [-0.1, -0.05) is 30.3 Å². The van der Waals surface area contributed by atoms with Crippen molar-refractivity contribution in [1.82, 2.24) is 0 Å². The van der Waals surface area contributed by atoms with Crippen LogP contribution in [-0.4, -0.2) is 11.9 Å². The summed E-state index contributed by atoms with van der Waals surface area (Å²) in [5.74, 6) is 0.632. The van der Waals surface area contributed by atoms with E-state index >= 15 is 0 Å². The molecule has 1 saturated heterocycles. The maximum atomic E-state index is 11.6. The minimum absolute atomic E-state index is 0.0456. The number of hydrogen-bond donors (Lipinski definition) is 0. The maximum absolute atomic E-state index is 11.6. The molecule has 0 amide bonds. The summed E-state index contributed by atoms with van der Waals surface area (Å²) in [5.41, 5.74) is 1.13. The maximum Gasteiger partial charge on any atom is 0.167 e. The second kappa shape index (κ2) is 2.92. The Morgan fingerprint density at radius 1 is 1.21 bits per heavy atom. The Morgan fingerprint density at radius 2 is 1.93 bits per heavy atom. The Labute approximate surface area is 82.9 Å². The van der Waals surface area contributed by atoms with E-state index in [0.29, 0.717) is 11.7 Å². The van der Waals surface area contributed by atoms with Crippen molar-refractivity contribution in [1.29, 1.82) is 0 Å². The molecule has 3 rings (SSSR count). The van der Waals surface area contributed by atoms with E-state index in [-0.39, 0.29) is 12.2 Å². The number of benzene rings is 1. The van der Waals surface area contributed by atoms with Crippen molar-refractivity contribution < 1.29 is 9.53 Å².